The van der Waals surface area contributed by atoms with E-state index in [1.54, 1.807) is 12.1 Å². The summed E-state index contributed by atoms with van der Waals surface area (Å²) in [6.45, 7) is 0. The Hall–Kier alpha value is -2.74. The van der Waals surface area contributed by atoms with Gasteiger partial charge >= 0.3 is 0 Å². The quantitative estimate of drug-likeness (QED) is 0.295. The molecule has 0 aliphatic heterocycles. The van der Waals surface area contributed by atoms with Crippen molar-refractivity contribution < 1.29 is 13.6 Å². The molecule has 0 amide bonds. The Labute approximate surface area is 153 Å². The van der Waals surface area contributed by atoms with Gasteiger partial charge in [0, 0.05) is 23.3 Å². The van der Waals surface area contributed by atoms with E-state index in [2.05, 4.69) is 10.2 Å². The molecule has 2 N–H and O–H groups in total. The van der Waals surface area contributed by atoms with Crippen LogP contribution in [0.25, 0.3) is 11.4 Å². The van der Waals surface area contributed by atoms with Gasteiger partial charge < -0.3 is 5.84 Å². The van der Waals surface area contributed by atoms with E-state index in [9.17, 15) is 13.6 Å². The Morgan fingerprint density at radius 2 is 1.85 bits per heavy atom. The first-order valence-corrected chi connectivity index (χ1v) is 8.91. The van der Waals surface area contributed by atoms with E-state index in [1.165, 1.54) is 52.8 Å². The number of hydrogen-bond acceptors (Lipinski definition) is 5. The lowest BCUT2D eigenvalue weighted by atomic mass is 10.1. The number of ketones is 1. The van der Waals surface area contributed by atoms with Crippen LogP contribution in [-0.4, -0.2) is 26.4 Å². The highest BCUT2D eigenvalue weighted by molar-refractivity contribution is 7.99. The van der Waals surface area contributed by atoms with E-state index < -0.39 is 0 Å². The summed E-state index contributed by atoms with van der Waals surface area (Å²) in [5, 5.41) is 8.49. The number of nitrogens with two attached hydrogens (primary N) is 1. The molecule has 0 spiro atoms. The second kappa shape index (κ2) is 8.09. The van der Waals surface area contributed by atoms with Crippen molar-refractivity contribution in [3.63, 3.8) is 0 Å². The number of carbonyl (C=O) groups is 1. The molecule has 0 radical (unpaired) electrons. The Balaban J connectivity index is 1.54. The van der Waals surface area contributed by atoms with E-state index in [0.717, 1.165) is 0 Å². The SMILES string of the molecule is Nn1c(SCCCC(=O)c2ccc(F)cc2)nnc1-c1cccc(F)c1. The summed E-state index contributed by atoms with van der Waals surface area (Å²) < 4.78 is 27.5. The van der Waals surface area contributed by atoms with Crippen LogP contribution in [-0.2, 0) is 0 Å². The number of Topliss-reactive ketones (excluding diaryl/α,β-unsaturated/α-hetero) is 1. The molecule has 0 unspecified atom stereocenters. The molecule has 0 saturated heterocycles. The van der Waals surface area contributed by atoms with Gasteiger partial charge in [-0.1, -0.05) is 23.9 Å². The van der Waals surface area contributed by atoms with Crippen molar-refractivity contribution in [3.05, 3.63) is 65.7 Å². The second-order valence-electron chi connectivity index (χ2n) is 5.57. The highest BCUT2D eigenvalue weighted by Gasteiger charge is 2.13. The Bertz CT molecular complexity index is 912. The normalized spacial score (nSPS) is 10.8. The molecule has 0 aliphatic rings. The summed E-state index contributed by atoms with van der Waals surface area (Å²) in [5.74, 6) is 6.18. The lowest BCUT2D eigenvalue weighted by Gasteiger charge is -2.04. The first kappa shape index (κ1) is 18.1. The molecule has 0 saturated carbocycles. The van der Waals surface area contributed by atoms with Gasteiger partial charge in [0.2, 0.25) is 5.16 Å². The number of nitrogens with zero attached hydrogens (tertiary/aromatic N) is 3. The van der Waals surface area contributed by atoms with Crippen molar-refractivity contribution in [2.24, 2.45) is 0 Å². The predicted octanol–water partition coefficient (Wildman–Crippen LogP) is 3.69. The van der Waals surface area contributed by atoms with Gasteiger partial charge in [0.25, 0.3) is 0 Å². The minimum absolute atomic E-state index is 0.0414. The fraction of sp³-hybridized carbons (Fsp3) is 0.167. The number of halogens is 2. The summed E-state index contributed by atoms with van der Waals surface area (Å²) in [6, 6.07) is 11.5. The number of carbonyl (C=O) groups excluding carboxylic acids is 1. The van der Waals surface area contributed by atoms with Crippen molar-refractivity contribution in [1.82, 2.24) is 14.9 Å². The smallest absolute Gasteiger partial charge is 0.210 e. The molecule has 0 bridgehead atoms. The fourth-order valence-corrected chi connectivity index (χ4v) is 3.17. The fourth-order valence-electron chi connectivity index (χ4n) is 2.38. The highest BCUT2D eigenvalue weighted by atomic mass is 32.2. The topological polar surface area (TPSA) is 73.8 Å². The Morgan fingerprint density at radius 3 is 2.58 bits per heavy atom. The standard InChI is InChI=1S/C18H16F2N4OS/c19-14-8-6-12(7-9-14)16(25)5-2-10-26-18-23-22-17(24(18)21)13-3-1-4-15(20)11-13/h1,3-4,6-9,11H,2,5,10,21H2. The molecule has 1 aromatic heterocycles. The van der Waals surface area contributed by atoms with E-state index >= 15 is 0 Å². The summed E-state index contributed by atoms with van der Waals surface area (Å²) >= 11 is 1.36. The van der Waals surface area contributed by atoms with E-state index in [1.807, 2.05) is 0 Å². The molecule has 3 rings (SSSR count). The average Bonchev–Trinajstić information content (AvgIpc) is 3.00. The van der Waals surface area contributed by atoms with Crippen LogP contribution >= 0.6 is 11.8 Å². The molecule has 0 atom stereocenters. The predicted molar refractivity (Wildman–Crippen MR) is 96.3 cm³/mol. The van der Waals surface area contributed by atoms with Crippen LogP contribution in [0.15, 0.2) is 53.7 Å². The summed E-state index contributed by atoms with van der Waals surface area (Å²) in [5.41, 5.74) is 1.03. The van der Waals surface area contributed by atoms with Crippen LogP contribution in [0, 0.1) is 11.6 Å². The zero-order chi connectivity index (χ0) is 18.5. The van der Waals surface area contributed by atoms with Crippen molar-refractivity contribution >= 4 is 17.5 Å². The van der Waals surface area contributed by atoms with Crippen molar-refractivity contribution in [3.8, 4) is 11.4 Å². The van der Waals surface area contributed by atoms with Crippen LogP contribution < -0.4 is 5.84 Å². The third-order valence-electron chi connectivity index (χ3n) is 3.69. The van der Waals surface area contributed by atoms with Crippen molar-refractivity contribution in [1.29, 1.82) is 0 Å². The van der Waals surface area contributed by atoms with E-state index in [0.29, 0.717) is 40.7 Å². The maximum absolute atomic E-state index is 13.3. The Morgan fingerprint density at radius 1 is 1.08 bits per heavy atom. The van der Waals surface area contributed by atoms with Crippen molar-refractivity contribution in [2.75, 3.05) is 11.6 Å². The number of nitrogen functional groups attached to an aromatic ring is 1. The van der Waals surface area contributed by atoms with Crippen LogP contribution in [0.5, 0.6) is 0 Å². The third kappa shape index (κ3) is 4.26. The summed E-state index contributed by atoms with van der Waals surface area (Å²) in [7, 11) is 0. The molecule has 1 heterocycles. The van der Waals surface area contributed by atoms with Gasteiger partial charge in [0.1, 0.15) is 11.6 Å². The first-order valence-electron chi connectivity index (χ1n) is 7.92. The molecule has 8 heteroatoms. The minimum Gasteiger partial charge on any atom is -0.335 e. The van der Waals surface area contributed by atoms with Crippen LogP contribution in [0.1, 0.15) is 23.2 Å². The van der Waals surface area contributed by atoms with Crippen LogP contribution in [0.4, 0.5) is 8.78 Å². The van der Waals surface area contributed by atoms with Gasteiger partial charge in [-0.3, -0.25) is 4.79 Å². The average molecular weight is 374 g/mol. The monoisotopic (exact) mass is 374 g/mol. The second-order valence-corrected chi connectivity index (χ2v) is 6.63. The van der Waals surface area contributed by atoms with Gasteiger partial charge in [0.05, 0.1) is 0 Å². The summed E-state index contributed by atoms with van der Waals surface area (Å²) in [4.78, 5) is 12.0. The molecule has 0 aliphatic carbocycles. The number of benzene rings is 2. The number of rotatable bonds is 7. The lowest BCUT2D eigenvalue weighted by molar-refractivity contribution is 0.0982. The van der Waals surface area contributed by atoms with E-state index in [-0.39, 0.29) is 17.4 Å². The number of aromatic nitrogens is 3. The number of thioether (sulfide) groups is 1. The van der Waals surface area contributed by atoms with Gasteiger partial charge in [0.15, 0.2) is 11.6 Å². The van der Waals surface area contributed by atoms with Gasteiger partial charge in [-0.05, 0) is 42.8 Å². The largest absolute Gasteiger partial charge is 0.335 e. The molecule has 3 aromatic rings. The van der Waals surface area contributed by atoms with E-state index in [4.69, 9.17) is 5.84 Å². The molecule has 26 heavy (non-hydrogen) atoms. The molecule has 0 fully saturated rings. The molecule has 5 nitrogen and oxygen atoms in total. The molecular weight excluding hydrogens is 358 g/mol. The maximum Gasteiger partial charge on any atom is 0.210 e. The number of hydrogen-bond donors (Lipinski definition) is 1. The Kier molecular flexibility index (Phi) is 5.62. The van der Waals surface area contributed by atoms with Crippen molar-refractivity contribution in [2.45, 2.75) is 18.0 Å². The van der Waals surface area contributed by atoms with Crippen LogP contribution in [0.2, 0.25) is 0 Å². The first-order chi connectivity index (χ1) is 12.5. The maximum atomic E-state index is 13.3. The lowest BCUT2D eigenvalue weighted by Crippen LogP contribution is -2.11. The third-order valence-corrected chi connectivity index (χ3v) is 4.72. The molecule has 2 aromatic carbocycles. The molecular formula is C18H16F2N4OS. The summed E-state index contributed by atoms with van der Waals surface area (Å²) in [6.07, 6.45) is 0.955. The minimum atomic E-state index is -0.376. The highest BCUT2D eigenvalue weighted by Crippen LogP contribution is 2.23. The zero-order valence-electron chi connectivity index (χ0n) is 13.7. The van der Waals surface area contributed by atoms with Gasteiger partial charge in [-0.2, -0.15) is 0 Å². The zero-order valence-corrected chi connectivity index (χ0v) is 14.5. The molecule has 134 valence electrons. The van der Waals surface area contributed by atoms with Gasteiger partial charge in [-0.15, -0.1) is 10.2 Å². The van der Waals surface area contributed by atoms with Gasteiger partial charge in [-0.25, -0.2) is 13.5 Å². The van der Waals surface area contributed by atoms with Crippen LogP contribution in [0.3, 0.4) is 0 Å².